The van der Waals surface area contributed by atoms with Gasteiger partial charge in [0.25, 0.3) is 5.91 Å². The molecule has 1 saturated carbocycles. The maximum Gasteiger partial charge on any atom is 0.260 e. The van der Waals surface area contributed by atoms with Gasteiger partial charge in [-0.05, 0) is 45.0 Å². The molecule has 7 nitrogen and oxygen atoms in total. The van der Waals surface area contributed by atoms with Gasteiger partial charge in [0.05, 0.1) is 5.56 Å². The van der Waals surface area contributed by atoms with Gasteiger partial charge >= 0.3 is 0 Å². The van der Waals surface area contributed by atoms with Crippen molar-refractivity contribution in [1.29, 1.82) is 0 Å². The molecule has 2 heterocycles. The van der Waals surface area contributed by atoms with Crippen LogP contribution in [-0.4, -0.2) is 58.8 Å². The maximum absolute atomic E-state index is 13.9. The van der Waals surface area contributed by atoms with Crippen molar-refractivity contribution in [2.45, 2.75) is 25.8 Å². The second-order valence-corrected chi connectivity index (χ2v) is 7.08. The van der Waals surface area contributed by atoms with Gasteiger partial charge in [0, 0.05) is 37.9 Å². The molecule has 2 aromatic rings. The zero-order valence-corrected chi connectivity index (χ0v) is 15.1. The summed E-state index contributed by atoms with van der Waals surface area (Å²) in [4.78, 5) is 17.3. The third-order valence-corrected chi connectivity index (χ3v) is 5.05. The van der Waals surface area contributed by atoms with Crippen LogP contribution in [0.5, 0.6) is 0 Å². The molecular weight excluding hydrogens is 335 g/mol. The lowest BCUT2D eigenvalue weighted by Gasteiger charge is -2.35. The molecule has 2 aliphatic rings. The number of carbonyl (C=O) groups excluding carboxylic acids is 1. The van der Waals surface area contributed by atoms with Crippen molar-refractivity contribution < 1.29 is 9.18 Å². The Labute approximate surface area is 151 Å². The van der Waals surface area contributed by atoms with Crippen LogP contribution in [-0.2, 0) is 0 Å². The van der Waals surface area contributed by atoms with E-state index < -0.39 is 5.82 Å². The summed E-state index contributed by atoms with van der Waals surface area (Å²) in [6, 6.07) is 4.74. The van der Waals surface area contributed by atoms with Gasteiger partial charge in [0.2, 0.25) is 5.95 Å². The Balaban J connectivity index is 1.60. The topological polar surface area (TPSA) is 66.3 Å². The van der Waals surface area contributed by atoms with E-state index in [1.54, 1.807) is 6.07 Å². The number of anilines is 2. The van der Waals surface area contributed by atoms with Gasteiger partial charge < -0.3 is 9.80 Å². The lowest BCUT2D eigenvalue weighted by molar-refractivity contribution is 0.102. The number of hydrogen-bond donors (Lipinski definition) is 1. The summed E-state index contributed by atoms with van der Waals surface area (Å²) in [6.45, 7) is 5.31. The lowest BCUT2D eigenvalue weighted by Crippen LogP contribution is -2.45. The van der Waals surface area contributed by atoms with E-state index in [2.05, 4.69) is 32.4 Å². The van der Waals surface area contributed by atoms with Crippen LogP contribution in [0.15, 0.2) is 18.2 Å². The molecule has 4 rings (SSSR count). The number of hydrogen-bond acceptors (Lipinski definition) is 5. The Bertz CT molecular complexity index is 823. The molecule has 0 radical (unpaired) electrons. The summed E-state index contributed by atoms with van der Waals surface area (Å²) < 4.78 is 15.8. The van der Waals surface area contributed by atoms with E-state index in [0.717, 1.165) is 50.5 Å². The number of likely N-dealkylation sites (N-methyl/N-ethyl adjacent to an activating group) is 1. The van der Waals surface area contributed by atoms with Gasteiger partial charge in [-0.2, -0.15) is 0 Å². The lowest BCUT2D eigenvalue weighted by atomic mass is 10.1. The summed E-state index contributed by atoms with van der Waals surface area (Å²) in [5.41, 5.74) is 1.09. The van der Waals surface area contributed by atoms with Crippen LogP contribution in [0.3, 0.4) is 0 Å². The molecule has 1 amide bonds. The molecule has 0 atom stereocenters. The Morgan fingerprint density at radius 3 is 2.62 bits per heavy atom. The fourth-order valence-electron chi connectivity index (χ4n) is 3.41. The Hall–Kier alpha value is -2.48. The highest BCUT2D eigenvalue weighted by Crippen LogP contribution is 2.37. The monoisotopic (exact) mass is 358 g/mol. The highest BCUT2D eigenvalue weighted by molar-refractivity contribution is 6.07. The number of nitrogens with zero attached hydrogens (tertiary/aromatic N) is 5. The summed E-state index contributed by atoms with van der Waals surface area (Å²) in [5, 5.41) is 11.0. The quantitative estimate of drug-likeness (QED) is 0.906. The summed E-state index contributed by atoms with van der Waals surface area (Å²) >= 11 is 0. The number of amides is 1. The van der Waals surface area contributed by atoms with E-state index in [-0.39, 0.29) is 5.91 Å². The van der Waals surface area contributed by atoms with Crippen molar-refractivity contribution in [2.24, 2.45) is 0 Å². The van der Waals surface area contributed by atoms with Crippen molar-refractivity contribution in [3.63, 3.8) is 0 Å². The summed E-state index contributed by atoms with van der Waals surface area (Å²) in [6.07, 6.45) is 2.13. The maximum atomic E-state index is 13.9. The predicted octanol–water partition coefficient (Wildman–Crippen LogP) is 2.06. The molecule has 8 heteroatoms. The van der Waals surface area contributed by atoms with Crippen molar-refractivity contribution in [3.05, 3.63) is 35.4 Å². The van der Waals surface area contributed by atoms with E-state index in [9.17, 15) is 9.18 Å². The Morgan fingerprint density at radius 2 is 1.92 bits per heavy atom. The molecule has 1 aliphatic heterocycles. The van der Waals surface area contributed by atoms with Crippen molar-refractivity contribution >= 4 is 17.5 Å². The van der Waals surface area contributed by atoms with Crippen LogP contribution in [0.1, 0.15) is 35.1 Å². The minimum Gasteiger partial charge on any atom is -0.368 e. The third-order valence-electron chi connectivity index (χ3n) is 5.05. The van der Waals surface area contributed by atoms with Crippen molar-refractivity contribution in [3.8, 4) is 0 Å². The molecule has 138 valence electrons. The van der Waals surface area contributed by atoms with E-state index in [4.69, 9.17) is 0 Å². The second-order valence-electron chi connectivity index (χ2n) is 7.08. The van der Waals surface area contributed by atoms with Gasteiger partial charge in [-0.3, -0.25) is 14.7 Å². The number of aryl methyl sites for hydroxylation is 1. The van der Waals surface area contributed by atoms with E-state index in [1.807, 2.05) is 11.5 Å². The average Bonchev–Trinajstić information content (AvgIpc) is 3.39. The SMILES string of the molecule is Cc1nnc(NC(=O)c2cc(F)ccc2N2CCN(C)CC2)n1C1CC1. The summed E-state index contributed by atoms with van der Waals surface area (Å²) in [5.74, 6) is 0.436. The normalized spacial score (nSPS) is 18.2. The highest BCUT2D eigenvalue weighted by atomic mass is 19.1. The van der Waals surface area contributed by atoms with Gasteiger partial charge in [-0.1, -0.05) is 0 Å². The van der Waals surface area contributed by atoms with Crippen LogP contribution >= 0.6 is 0 Å². The molecule has 1 aromatic heterocycles. The Kier molecular flexibility index (Phi) is 4.36. The van der Waals surface area contributed by atoms with E-state index >= 15 is 0 Å². The van der Waals surface area contributed by atoms with Gasteiger partial charge in [-0.15, -0.1) is 10.2 Å². The van der Waals surface area contributed by atoms with Gasteiger partial charge in [0.1, 0.15) is 11.6 Å². The summed E-state index contributed by atoms with van der Waals surface area (Å²) in [7, 11) is 2.07. The first-order chi connectivity index (χ1) is 12.5. The fraction of sp³-hybridized carbons (Fsp3) is 0.500. The first kappa shape index (κ1) is 17.0. The number of aromatic nitrogens is 3. The van der Waals surface area contributed by atoms with E-state index in [1.165, 1.54) is 12.1 Å². The number of nitrogens with one attached hydrogen (secondary N) is 1. The van der Waals surface area contributed by atoms with Gasteiger partial charge in [0.15, 0.2) is 0 Å². The van der Waals surface area contributed by atoms with Crippen LogP contribution < -0.4 is 10.2 Å². The molecular formula is C18H23FN6O. The largest absolute Gasteiger partial charge is 0.368 e. The van der Waals surface area contributed by atoms with Crippen molar-refractivity contribution in [1.82, 2.24) is 19.7 Å². The van der Waals surface area contributed by atoms with Crippen molar-refractivity contribution in [2.75, 3.05) is 43.4 Å². The molecule has 26 heavy (non-hydrogen) atoms. The van der Waals surface area contributed by atoms with Crippen LogP contribution in [0.25, 0.3) is 0 Å². The van der Waals surface area contributed by atoms with Crippen LogP contribution in [0.2, 0.25) is 0 Å². The molecule has 0 spiro atoms. The molecule has 1 saturated heterocycles. The third kappa shape index (κ3) is 3.29. The molecule has 1 aromatic carbocycles. The standard InChI is InChI=1S/C18H23FN6O/c1-12-21-22-18(25(12)14-4-5-14)20-17(26)15-11-13(19)3-6-16(15)24-9-7-23(2)8-10-24/h3,6,11,14H,4-5,7-10H2,1-2H3,(H,20,22,26). The molecule has 2 fully saturated rings. The zero-order chi connectivity index (χ0) is 18.3. The predicted molar refractivity (Wildman–Crippen MR) is 97.1 cm³/mol. The number of piperazine rings is 1. The van der Waals surface area contributed by atoms with Gasteiger partial charge in [-0.25, -0.2) is 4.39 Å². The molecule has 1 aliphatic carbocycles. The first-order valence-electron chi connectivity index (χ1n) is 8.99. The van der Waals surface area contributed by atoms with Crippen LogP contribution in [0, 0.1) is 12.7 Å². The van der Waals surface area contributed by atoms with E-state index in [0.29, 0.717) is 17.6 Å². The molecule has 1 N–H and O–H groups in total. The average molecular weight is 358 g/mol. The smallest absolute Gasteiger partial charge is 0.260 e. The highest BCUT2D eigenvalue weighted by Gasteiger charge is 2.29. The minimum atomic E-state index is -0.423. The number of rotatable bonds is 4. The number of benzene rings is 1. The zero-order valence-electron chi connectivity index (χ0n) is 15.1. The fourth-order valence-corrected chi connectivity index (χ4v) is 3.41. The second kappa shape index (κ2) is 6.68. The molecule has 0 bridgehead atoms. The molecule has 0 unspecified atom stereocenters. The minimum absolute atomic E-state index is 0.331. The number of carbonyl (C=O) groups is 1. The van der Waals surface area contributed by atoms with Crippen LogP contribution in [0.4, 0.5) is 16.0 Å². The Morgan fingerprint density at radius 1 is 1.19 bits per heavy atom. The first-order valence-corrected chi connectivity index (χ1v) is 8.99. The number of halogens is 1.